The van der Waals surface area contributed by atoms with Gasteiger partial charge in [-0.05, 0) is 53.4 Å². The monoisotopic (exact) mass is 433 g/mol. The molecule has 3 aromatic carbocycles. The summed E-state index contributed by atoms with van der Waals surface area (Å²) < 4.78 is 11.7. The summed E-state index contributed by atoms with van der Waals surface area (Å²) in [6.07, 6.45) is 0. The van der Waals surface area contributed by atoms with E-state index in [0.29, 0.717) is 34.3 Å². The van der Waals surface area contributed by atoms with Crippen LogP contribution in [0, 0.1) is 0 Å². The third-order valence-corrected chi connectivity index (χ3v) is 6.01. The highest BCUT2D eigenvalue weighted by atomic mass is 32.1. The van der Waals surface area contributed by atoms with Crippen LogP contribution in [0.4, 0.5) is 17.1 Å². The first kappa shape index (κ1) is 20.6. The number of hydrogen-bond donors (Lipinski definition) is 3. The number of thiophene rings is 1. The first-order chi connectivity index (χ1) is 15.1. The number of nitrogen functional groups attached to an aromatic ring is 1. The van der Waals surface area contributed by atoms with Gasteiger partial charge in [0.2, 0.25) is 0 Å². The van der Waals surface area contributed by atoms with Crippen LogP contribution in [-0.2, 0) is 6.54 Å². The van der Waals surface area contributed by atoms with Gasteiger partial charge >= 0.3 is 0 Å². The van der Waals surface area contributed by atoms with Gasteiger partial charge in [-0.1, -0.05) is 18.2 Å². The largest absolute Gasteiger partial charge is 0.493 e. The molecule has 0 aliphatic rings. The number of para-hydroxylation sites is 2. The van der Waals surface area contributed by atoms with Crippen molar-refractivity contribution in [2.75, 3.05) is 30.6 Å². The van der Waals surface area contributed by atoms with Crippen molar-refractivity contribution >= 4 is 44.4 Å². The van der Waals surface area contributed by atoms with Gasteiger partial charge in [-0.25, -0.2) is 0 Å². The molecule has 1 amide bonds. The lowest BCUT2D eigenvalue weighted by molar-refractivity contribution is 0.103. The second-order valence-corrected chi connectivity index (χ2v) is 8.03. The third kappa shape index (κ3) is 4.57. The van der Waals surface area contributed by atoms with E-state index < -0.39 is 0 Å². The Labute approximate surface area is 184 Å². The summed E-state index contributed by atoms with van der Waals surface area (Å²) in [5.41, 5.74) is 9.13. The maximum Gasteiger partial charge on any atom is 0.265 e. The number of nitrogens with two attached hydrogens (primary N) is 1. The lowest BCUT2D eigenvalue weighted by Crippen LogP contribution is -2.11. The van der Waals surface area contributed by atoms with Gasteiger partial charge in [-0.3, -0.25) is 4.79 Å². The van der Waals surface area contributed by atoms with Crippen LogP contribution in [-0.4, -0.2) is 20.1 Å². The molecular formula is C24H23N3O3S. The second-order valence-electron chi connectivity index (χ2n) is 6.95. The molecule has 158 valence electrons. The zero-order valence-corrected chi connectivity index (χ0v) is 18.1. The van der Waals surface area contributed by atoms with Gasteiger partial charge in [-0.15, -0.1) is 11.3 Å². The number of benzene rings is 3. The number of fused-ring (bicyclic) bond motifs is 1. The van der Waals surface area contributed by atoms with Crippen molar-refractivity contribution in [2.24, 2.45) is 0 Å². The zero-order valence-electron chi connectivity index (χ0n) is 17.3. The average molecular weight is 434 g/mol. The Bertz CT molecular complexity index is 1240. The first-order valence-electron chi connectivity index (χ1n) is 9.71. The van der Waals surface area contributed by atoms with E-state index in [1.165, 1.54) is 11.3 Å². The van der Waals surface area contributed by atoms with E-state index in [-0.39, 0.29) is 5.91 Å². The zero-order chi connectivity index (χ0) is 21.8. The maximum atomic E-state index is 12.7. The first-order valence-corrected chi connectivity index (χ1v) is 10.5. The van der Waals surface area contributed by atoms with Gasteiger partial charge in [0.05, 0.1) is 30.5 Å². The van der Waals surface area contributed by atoms with Crippen LogP contribution in [0.5, 0.6) is 11.5 Å². The fourth-order valence-corrected chi connectivity index (χ4v) is 4.20. The van der Waals surface area contributed by atoms with Crippen molar-refractivity contribution in [1.82, 2.24) is 0 Å². The van der Waals surface area contributed by atoms with Gasteiger partial charge in [0.25, 0.3) is 5.91 Å². The number of nitrogens with one attached hydrogen (secondary N) is 2. The fourth-order valence-electron chi connectivity index (χ4n) is 3.26. The predicted octanol–water partition coefficient (Wildman–Crippen LogP) is 5.37. The van der Waals surface area contributed by atoms with Crippen LogP contribution in [0.25, 0.3) is 10.1 Å². The van der Waals surface area contributed by atoms with Crippen LogP contribution in [0.3, 0.4) is 0 Å². The molecule has 7 heteroatoms. The Kier molecular flexibility index (Phi) is 5.95. The Balaban J connectivity index is 1.47. The molecule has 0 fully saturated rings. The molecule has 0 spiro atoms. The maximum absolute atomic E-state index is 12.7. The number of carbonyl (C=O) groups is 1. The van der Waals surface area contributed by atoms with E-state index >= 15 is 0 Å². The van der Waals surface area contributed by atoms with Crippen LogP contribution in [0.15, 0.2) is 66.7 Å². The van der Waals surface area contributed by atoms with E-state index in [0.717, 1.165) is 21.3 Å². The topological polar surface area (TPSA) is 85.6 Å². The molecular weight excluding hydrogens is 410 g/mol. The van der Waals surface area contributed by atoms with Crippen molar-refractivity contribution in [3.05, 3.63) is 77.2 Å². The highest BCUT2D eigenvalue weighted by Crippen LogP contribution is 2.31. The summed E-state index contributed by atoms with van der Waals surface area (Å²) in [4.78, 5) is 13.3. The summed E-state index contributed by atoms with van der Waals surface area (Å²) in [6, 6.07) is 21.0. The Morgan fingerprint density at radius 1 is 0.968 bits per heavy atom. The molecule has 0 bridgehead atoms. The highest BCUT2D eigenvalue weighted by molar-refractivity contribution is 7.20. The second kappa shape index (κ2) is 8.97. The van der Waals surface area contributed by atoms with Crippen molar-refractivity contribution in [1.29, 1.82) is 0 Å². The molecule has 0 saturated heterocycles. The van der Waals surface area contributed by atoms with Crippen LogP contribution < -0.4 is 25.8 Å². The summed E-state index contributed by atoms with van der Waals surface area (Å²) in [5, 5.41) is 7.31. The standard InChI is InChI=1S/C24H23N3O3S/c1-29-20-9-8-17(13-21(20)30-2)26-14-15-7-10-22-16(11-15)12-23(31-22)24(28)27-19-6-4-3-5-18(19)25/h3-13,26H,14,25H2,1-2H3,(H,27,28). The number of ether oxygens (including phenoxy) is 2. The third-order valence-electron chi connectivity index (χ3n) is 4.89. The van der Waals surface area contributed by atoms with Gasteiger partial charge in [-0.2, -0.15) is 0 Å². The summed E-state index contributed by atoms with van der Waals surface area (Å²) in [6.45, 7) is 0.642. The number of methoxy groups -OCH3 is 2. The summed E-state index contributed by atoms with van der Waals surface area (Å²) in [7, 11) is 3.23. The molecule has 0 aliphatic heterocycles. The Morgan fingerprint density at radius 2 is 1.77 bits per heavy atom. The molecule has 4 rings (SSSR count). The molecule has 4 N–H and O–H groups in total. The Hall–Kier alpha value is -3.71. The minimum Gasteiger partial charge on any atom is -0.493 e. The molecule has 4 aromatic rings. The summed E-state index contributed by atoms with van der Waals surface area (Å²) >= 11 is 1.46. The number of amides is 1. The van der Waals surface area contributed by atoms with Crippen molar-refractivity contribution in [3.63, 3.8) is 0 Å². The number of anilines is 3. The molecule has 0 aliphatic carbocycles. The van der Waals surface area contributed by atoms with Gasteiger partial charge in [0.15, 0.2) is 11.5 Å². The van der Waals surface area contributed by atoms with Crippen LogP contribution >= 0.6 is 11.3 Å². The van der Waals surface area contributed by atoms with Gasteiger partial charge in [0, 0.05) is 23.0 Å². The molecule has 31 heavy (non-hydrogen) atoms. The molecule has 0 atom stereocenters. The lowest BCUT2D eigenvalue weighted by atomic mass is 10.1. The predicted molar refractivity (Wildman–Crippen MR) is 128 cm³/mol. The van der Waals surface area contributed by atoms with Gasteiger partial charge in [0.1, 0.15) is 0 Å². The fraction of sp³-hybridized carbons (Fsp3) is 0.125. The van der Waals surface area contributed by atoms with Crippen LogP contribution in [0.2, 0.25) is 0 Å². The lowest BCUT2D eigenvalue weighted by Gasteiger charge is -2.11. The number of hydrogen-bond acceptors (Lipinski definition) is 6. The Morgan fingerprint density at radius 3 is 2.55 bits per heavy atom. The van der Waals surface area contributed by atoms with Crippen LogP contribution in [0.1, 0.15) is 15.2 Å². The highest BCUT2D eigenvalue weighted by Gasteiger charge is 2.12. The number of rotatable bonds is 7. The molecule has 1 aromatic heterocycles. The molecule has 1 heterocycles. The number of carbonyl (C=O) groups excluding carboxylic acids is 1. The molecule has 0 unspecified atom stereocenters. The van der Waals surface area contributed by atoms with E-state index in [2.05, 4.69) is 22.8 Å². The minimum absolute atomic E-state index is 0.163. The van der Waals surface area contributed by atoms with E-state index in [1.807, 2.05) is 42.5 Å². The molecule has 0 radical (unpaired) electrons. The SMILES string of the molecule is COc1ccc(NCc2ccc3sc(C(=O)Nc4ccccc4N)cc3c2)cc1OC. The quantitative estimate of drug-likeness (QED) is 0.341. The normalized spacial score (nSPS) is 10.6. The van der Waals surface area contributed by atoms with Gasteiger partial charge < -0.3 is 25.8 Å². The molecule has 6 nitrogen and oxygen atoms in total. The van der Waals surface area contributed by atoms with E-state index in [4.69, 9.17) is 15.2 Å². The van der Waals surface area contributed by atoms with Crippen molar-refractivity contribution < 1.29 is 14.3 Å². The smallest absolute Gasteiger partial charge is 0.265 e. The minimum atomic E-state index is -0.163. The van der Waals surface area contributed by atoms with E-state index in [9.17, 15) is 4.79 Å². The van der Waals surface area contributed by atoms with Crippen molar-refractivity contribution in [2.45, 2.75) is 6.54 Å². The average Bonchev–Trinajstić information content (AvgIpc) is 3.22. The molecule has 0 saturated carbocycles. The van der Waals surface area contributed by atoms with E-state index in [1.54, 1.807) is 26.4 Å². The van der Waals surface area contributed by atoms with Crippen molar-refractivity contribution in [3.8, 4) is 11.5 Å². The summed E-state index contributed by atoms with van der Waals surface area (Å²) in [5.74, 6) is 1.20.